The van der Waals surface area contributed by atoms with E-state index >= 15 is 0 Å². The summed E-state index contributed by atoms with van der Waals surface area (Å²) in [5.41, 5.74) is 5.58. The Hall–Kier alpha value is -0.280. The SMILES string of the molecule is CCCCC(CCC)CNC(=O)C1(N)CCCC1.Cl. The van der Waals surface area contributed by atoms with Crippen molar-refractivity contribution < 1.29 is 4.79 Å². The van der Waals surface area contributed by atoms with Gasteiger partial charge in [0.1, 0.15) is 0 Å². The molecular formula is C15H31ClN2O. The van der Waals surface area contributed by atoms with Crippen LogP contribution >= 0.6 is 12.4 Å². The maximum absolute atomic E-state index is 12.1. The Balaban J connectivity index is 0.00000324. The van der Waals surface area contributed by atoms with Gasteiger partial charge in [0.2, 0.25) is 5.91 Å². The van der Waals surface area contributed by atoms with Crippen molar-refractivity contribution in [3.05, 3.63) is 0 Å². The number of nitrogens with two attached hydrogens (primary N) is 1. The van der Waals surface area contributed by atoms with E-state index in [9.17, 15) is 4.79 Å². The van der Waals surface area contributed by atoms with Crippen LogP contribution in [-0.2, 0) is 4.79 Å². The van der Waals surface area contributed by atoms with E-state index in [0.717, 1.165) is 32.2 Å². The van der Waals surface area contributed by atoms with E-state index < -0.39 is 5.54 Å². The average molecular weight is 291 g/mol. The lowest BCUT2D eigenvalue weighted by Crippen LogP contribution is -2.52. The molecule has 4 heteroatoms. The van der Waals surface area contributed by atoms with E-state index in [1.54, 1.807) is 0 Å². The number of rotatable bonds is 8. The summed E-state index contributed by atoms with van der Waals surface area (Å²) < 4.78 is 0. The molecule has 1 rings (SSSR count). The summed E-state index contributed by atoms with van der Waals surface area (Å²) in [6, 6.07) is 0. The van der Waals surface area contributed by atoms with E-state index in [0.29, 0.717) is 5.92 Å². The number of unbranched alkanes of at least 4 members (excludes halogenated alkanes) is 1. The molecule has 0 aromatic carbocycles. The van der Waals surface area contributed by atoms with Gasteiger partial charge in [-0.2, -0.15) is 0 Å². The molecule has 0 radical (unpaired) electrons. The van der Waals surface area contributed by atoms with E-state index in [1.807, 2.05) is 0 Å². The van der Waals surface area contributed by atoms with Crippen LogP contribution in [0.4, 0.5) is 0 Å². The lowest BCUT2D eigenvalue weighted by molar-refractivity contribution is -0.126. The van der Waals surface area contributed by atoms with Gasteiger partial charge in [0.15, 0.2) is 0 Å². The molecular weight excluding hydrogens is 260 g/mol. The number of hydrogen-bond acceptors (Lipinski definition) is 2. The summed E-state index contributed by atoms with van der Waals surface area (Å²) in [6.07, 6.45) is 10.0. The molecule has 1 atom stereocenters. The molecule has 3 nitrogen and oxygen atoms in total. The number of hydrogen-bond donors (Lipinski definition) is 2. The number of halogens is 1. The first-order chi connectivity index (χ1) is 8.62. The van der Waals surface area contributed by atoms with Gasteiger partial charge in [-0.1, -0.05) is 46.0 Å². The van der Waals surface area contributed by atoms with Crippen LogP contribution < -0.4 is 11.1 Å². The molecule has 0 saturated heterocycles. The monoisotopic (exact) mass is 290 g/mol. The zero-order valence-electron chi connectivity index (χ0n) is 12.5. The van der Waals surface area contributed by atoms with Gasteiger partial charge in [-0.15, -0.1) is 12.4 Å². The van der Waals surface area contributed by atoms with Gasteiger partial charge < -0.3 is 11.1 Å². The number of nitrogens with one attached hydrogen (secondary N) is 1. The minimum Gasteiger partial charge on any atom is -0.354 e. The zero-order valence-corrected chi connectivity index (χ0v) is 13.4. The number of amides is 1. The fourth-order valence-corrected chi connectivity index (χ4v) is 2.90. The first-order valence-electron chi connectivity index (χ1n) is 7.69. The maximum atomic E-state index is 12.1. The van der Waals surface area contributed by atoms with Crippen LogP contribution in [0.25, 0.3) is 0 Å². The molecule has 0 bridgehead atoms. The first-order valence-corrected chi connectivity index (χ1v) is 7.69. The Labute approximate surface area is 124 Å². The fraction of sp³-hybridized carbons (Fsp3) is 0.933. The Morgan fingerprint density at radius 2 is 1.84 bits per heavy atom. The van der Waals surface area contributed by atoms with Crippen LogP contribution in [0.15, 0.2) is 0 Å². The zero-order chi connectivity index (χ0) is 13.4. The third-order valence-electron chi connectivity index (χ3n) is 4.16. The second-order valence-electron chi connectivity index (χ2n) is 5.87. The van der Waals surface area contributed by atoms with Crippen molar-refractivity contribution in [2.45, 2.75) is 77.2 Å². The van der Waals surface area contributed by atoms with Crippen molar-refractivity contribution in [3.8, 4) is 0 Å². The molecule has 0 aromatic heterocycles. The van der Waals surface area contributed by atoms with Crippen molar-refractivity contribution in [2.75, 3.05) is 6.54 Å². The molecule has 0 aromatic rings. The summed E-state index contributed by atoms with van der Waals surface area (Å²) in [5, 5.41) is 3.09. The average Bonchev–Trinajstić information content (AvgIpc) is 2.80. The van der Waals surface area contributed by atoms with Crippen molar-refractivity contribution in [2.24, 2.45) is 11.7 Å². The Kier molecular flexibility index (Phi) is 9.46. The van der Waals surface area contributed by atoms with E-state index in [2.05, 4.69) is 19.2 Å². The van der Waals surface area contributed by atoms with Crippen molar-refractivity contribution in [3.63, 3.8) is 0 Å². The van der Waals surface area contributed by atoms with E-state index in [1.165, 1.54) is 32.1 Å². The molecule has 1 unspecified atom stereocenters. The molecule has 1 fully saturated rings. The van der Waals surface area contributed by atoms with Crippen LogP contribution in [0.5, 0.6) is 0 Å². The summed E-state index contributed by atoms with van der Waals surface area (Å²) in [4.78, 5) is 12.1. The number of carbonyl (C=O) groups is 1. The molecule has 1 aliphatic carbocycles. The largest absolute Gasteiger partial charge is 0.354 e. The Morgan fingerprint density at radius 3 is 2.37 bits per heavy atom. The normalized spacial score (nSPS) is 18.7. The molecule has 3 N–H and O–H groups in total. The van der Waals surface area contributed by atoms with E-state index in [-0.39, 0.29) is 18.3 Å². The highest BCUT2D eigenvalue weighted by atomic mass is 35.5. The molecule has 1 saturated carbocycles. The second kappa shape index (κ2) is 9.60. The van der Waals surface area contributed by atoms with Gasteiger partial charge in [0.05, 0.1) is 5.54 Å². The third-order valence-corrected chi connectivity index (χ3v) is 4.16. The third kappa shape index (κ3) is 6.13. The van der Waals surface area contributed by atoms with Crippen molar-refractivity contribution >= 4 is 18.3 Å². The molecule has 114 valence electrons. The highest BCUT2D eigenvalue weighted by molar-refractivity contribution is 5.86. The van der Waals surface area contributed by atoms with Crippen LogP contribution in [0.2, 0.25) is 0 Å². The summed E-state index contributed by atoms with van der Waals surface area (Å²) in [7, 11) is 0. The van der Waals surface area contributed by atoms with Crippen LogP contribution in [0.3, 0.4) is 0 Å². The highest BCUT2D eigenvalue weighted by Crippen LogP contribution is 2.27. The Bertz CT molecular complexity index is 253. The van der Waals surface area contributed by atoms with Gasteiger partial charge in [-0.05, 0) is 31.6 Å². The van der Waals surface area contributed by atoms with E-state index in [4.69, 9.17) is 5.73 Å². The predicted octanol–water partition coefficient (Wildman–Crippen LogP) is 3.40. The molecule has 1 aliphatic rings. The highest BCUT2D eigenvalue weighted by Gasteiger charge is 2.36. The van der Waals surface area contributed by atoms with Gasteiger partial charge in [0, 0.05) is 6.54 Å². The van der Waals surface area contributed by atoms with Gasteiger partial charge >= 0.3 is 0 Å². The number of carbonyl (C=O) groups excluding carboxylic acids is 1. The van der Waals surface area contributed by atoms with Crippen LogP contribution in [-0.4, -0.2) is 18.0 Å². The van der Waals surface area contributed by atoms with Crippen molar-refractivity contribution in [1.82, 2.24) is 5.32 Å². The topological polar surface area (TPSA) is 55.1 Å². The molecule has 0 heterocycles. The first kappa shape index (κ1) is 18.7. The summed E-state index contributed by atoms with van der Waals surface area (Å²) >= 11 is 0. The smallest absolute Gasteiger partial charge is 0.240 e. The quantitative estimate of drug-likeness (QED) is 0.720. The van der Waals surface area contributed by atoms with Gasteiger partial charge in [0.25, 0.3) is 0 Å². The molecule has 1 amide bonds. The minimum atomic E-state index is -0.568. The van der Waals surface area contributed by atoms with Gasteiger partial charge in [-0.3, -0.25) is 4.79 Å². The minimum absolute atomic E-state index is 0. The summed E-state index contributed by atoms with van der Waals surface area (Å²) in [5.74, 6) is 0.710. The van der Waals surface area contributed by atoms with Crippen LogP contribution in [0, 0.1) is 5.92 Å². The maximum Gasteiger partial charge on any atom is 0.240 e. The fourth-order valence-electron chi connectivity index (χ4n) is 2.90. The standard InChI is InChI=1S/C15H30N2O.ClH/c1-3-5-9-13(8-4-2)12-17-14(18)15(16)10-6-7-11-15;/h13H,3-12,16H2,1-2H3,(H,17,18);1H. The molecule has 0 spiro atoms. The lowest BCUT2D eigenvalue weighted by Gasteiger charge is -2.24. The summed E-state index contributed by atoms with van der Waals surface area (Å²) in [6.45, 7) is 5.24. The van der Waals surface area contributed by atoms with Gasteiger partial charge in [-0.25, -0.2) is 0 Å². The molecule has 19 heavy (non-hydrogen) atoms. The predicted molar refractivity (Wildman–Crippen MR) is 83.6 cm³/mol. The van der Waals surface area contributed by atoms with Crippen molar-refractivity contribution in [1.29, 1.82) is 0 Å². The van der Waals surface area contributed by atoms with Crippen LogP contribution in [0.1, 0.15) is 71.6 Å². The second-order valence-corrected chi connectivity index (χ2v) is 5.87. The molecule has 0 aliphatic heterocycles. The Morgan fingerprint density at radius 1 is 1.21 bits per heavy atom. The lowest BCUT2D eigenvalue weighted by atomic mass is 9.95.